The van der Waals surface area contributed by atoms with Crippen LogP contribution in [-0.2, 0) is 4.74 Å². The Kier molecular flexibility index (Phi) is 6.64. The van der Waals surface area contributed by atoms with Gasteiger partial charge in [0.05, 0.1) is 22.2 Å². The summed E-state index contributed by atoms with van der Waals surface area (Å²) in [5.74, 6) is 1.31. The zero-order valence-corrected chi connectivity index (χ0v) is 11.9. The van der Waals surface area contributed by atoms with Crippen molar-refractivity contribution in [1.82, 2.24) is 0 Å². The SMILES string of the molecule is ClCCOCCOc1c(Br)cccc1Br. The van der Waals surface area contributed by atoms with Gasteiger partial charge in [-0.1, -0.05) is 6.07 Å². The number of para-hydroxylation sites is 1. The molecule has 0 aliphatic carbocycles. The van der Waals surface area contributed by atoms with Gasteiger partial charge < -0.3 is 9.47 Å². The molecule has 0 bridgehead atoms. The number of benzene rings is 1. The van der Waals surface area contributed by atoms with E-state index in [1.807, 2.05) is 18.2 Å². The summed E-state index contributed by atoms with van der Waals surface area (Å²) in [6.07, 6.45) is 0. The van der Waals surface area contributed by atoms with E-state index in [1.54, 1.807) is 0 Å². The third kappa shape index (κ3) is 4.72. The molecule has 0 atom stereocenters. The second kappa shape index (κ2) is 7.49. The largest absolute Gasteiger partial charge is 0.489 e. The summed E-state index contributed by atoms with van der Waals surface area (Å²) in [6, 6.07) is 5.80. The molecule has 0 aromatic heterocycles. The van der Waals surface area contributed by atoms with Gasteiger partial charge in [0.25, 0.3) is 0 Å². The van der Waals surface area contributed by atoms with Gasteiger partial charge in [-0.15, -0.1) is 11.6 Å². The van der Waals surface area contributed by atoms with Crippen LogP contribution in [0, 0.1) is 0 Å². The molecule has 1 aromatic rings. The lowest BCUT2D eigenvalue weighted by atomic mass is 10.3. The molecule has 0 amide bonds. The lowest BCUT2D eigenvalue weighted by Gasteiger charge is -2.09. The molecule has 5 heteroatoms. The number of hydrogen-bond donors (Lipinski definition) is 0. The summed E-state index contributed by atoms with van der Waals surface area (Å²) in [4.78, 5) is 0. The Labute approximate surface area is 111 Å². The number of ether oxygens (including phenoxy) is 2. The molecule has 0 aliphatic rings. The lowest BCUT2D eigenvalue weighted by Crippen LogP contribution is -2.08. The second-order valence-corrected chi connectivity index (χ2v) is 4.79. The monoisotopic (exact) mass is 356 g/mol. The Morgan fingerprint density at radius 3 is 2.33 bits per heavy atom. The first-order chi connectivity index (χ1) is 7.25. The third-order valence-electron chi connectivity index (χ3n) is 1.61. The molecular formula is C10H11Br2ClO2. The zero-order chi connectivity index (χ0) is 11.1. The predicted molar refractivity (Wildman–Crippen MR) is 68.9 cm³/mol. The van der Waals surface area contributed by atoms with E-state index in [4.69, 9.17) is 21.1 Å². The highest BCUT2D eigenvalue weighted by atomic mass is 79.9. The fourth-order valence-electron chi connectivity index (χ4n) is 0.980. The van der Waals surface area contributed by atoms with Crippen LogP contribution in [0.4, 0.5) is 0 Å². The van der Waals surface area contributed by atoms with E-state index in [-0.39, 0.29) is 0 Å². The van der Waals surface area contributed by atoms with Crippen LogP contribution >= 0.6 is 43.5 Å². The third-order valence-corrected chi connectivity index (χ3v) is 3.02. The molecule has 2 nitrogen and oxygen atoms in total. The molecule has 0 saturated carbocycles. The van der Waals surface area contributed by atoms with E-state index in [0.29, 0.717) is 25.7 Å². The number of halogens is 3. The first-order valence-corrected chi connectivity index (χ1v) is 6.58. The van der Waals surface area contributed by atoms with E-state index in [1.165, 1.54) is 0 Å². The molecule has 0 heterocycles. The zero-order valence-electron chi connectivity index (χ0n) is 8.01. The molecule has 15 heavy (non-hydrogen) atoms. The smallest absolute Gasteiger partial charge is 0.147 e. The van der Waals surface area contributed by atoms with E-state index >= 15 is 0 Å². The molecule has 1 rings (SSSR count). The quantitative estimate of drug-likeness (QED) is 0.568. The van der Waals surface area contributed by atoms with Gasteiger partial charge in [0.15, 0.2) is 0 Å². The molecule has 0 spiro atoms. The van der Waals surface area contributed by atoms with Crippen molar-refractivity contribution in [2.45, 2.75) is 0 Å². The van der Waals surface area contributed by atoms with E-state index in [2.05, 4.69) is 31.9 Å². The molecular weight excluding hydrogens is 347 g/mol. The van der Waals surface area contributed by atoms with Crippen molar-refractivity contribution in [1.29, 1.82) is 0 Å². The van der Waals surface area contributed by atoms with Gasteiger partial charge in [-0.3, -0.25) is 0 Å². The van der Waals surface area contributed by atoms with Crippen molar-refractivity contribution in [3.05, 3.63) is 27.1 Å². The average Bonchev–Trinajstić information content (AvgIpc) is 2.21. The summed E-state index contributed by atoms with van der Waals surface area (Å²) >= 11 is 12.3. The molecule has 0 unspecified atom stereocenters. The Balaban J connectivity index is 2.37. The predicted octanol–water partition coefficient (Wildman–Crippen LogP) is 3.85. The highest BCUT2D eigenvalue weighted by Gasteiger charge is 2.04. The minimum atomic E-state index is 0.512. The number of hydrogen-bond acceptors (Lipinski definition) is 2. The van der Waals surface area contributed by atoms with Crippen LogP contribution in [0.3, 0.4) is 0 Å². The molecule has 0 aliphatic heterocycles. The second-order valence-electron chi connectivity index (χ2n) is 2.70. The molecule has 0 N–H and O–H groups in total. The van der Waals surface area contributed by atoms with Crippen LogP contribution in [0.2, 0.25) is 0 Å². The van der Waals surface area contributed by atoms with Crippen molar-refractivity contribution < 1.29 is 9.47 Å². The minimum absolute atomic E-state index is 0.512. The molecule has 0 radical (unpaired) electrons. The number of rotatable bonds is 6. The summed E-state index contributed by atoms with van der Waals surface area (Å²) in [6.45, 7) is 1.61. The average molecular weight is 358 g/mol. The van der Waals surface area contributed by atoms with Gasteiger partial charge >= 0.3 is 0 Å². The molecule has 1 aromatic carbocycles. The van der Waals surface area contributed by atoms with E-state index < -0.39 is 0 Å². The van der Waals surface area contributed by atoms with Crippen molar-refractivity contribution in [2.75, 3.05) is 25.7 Å². The van der Waals surface area contributed by atoms with Crippen LogP contribution < -0.4 is 4.74 Å². The highest BCUT2D eigenvalue weighted by molar-refractivity contribution is 9.11. The maximum Gasteiger partial charge on any atom is 0.147 e. The minimum Gasteiger partial charge on any atom is -0.489 e. The van der Waals surface area contributed by atoms with Crippen LogP contribution in [-0.4, -0.2) is 25.7 Å². The summed E-state index contributed by atoms with van der Waals surface area (Å²) in [5, 5.41) is 0. The standard InChI is InChI=1S/C10H11Br2ClO2/c11-8-2-1-3-9(12)10(8)15-7-6-14-5-4-13/h1-3H,4-7H2. The fraction of sp³-hybridized carbons (Fsp3) is 0.400. The van der Waals surface area contributed by atoms with Gasteiger partial charge in [0.2, 0.25) is 0 Å². The lowest BCUT2D eigenvalue weighted by molar-refractivity contribution is 0.111. The normalized spacial score (nSPS) is 10.3. The van der Waals surface area contributed by atoms with E-state index in [9.17, 15) is 0 Å². The summed E-state index contributed by atoms with van der Waals surface area (Å²) in [5.41, 5.74) is 0. The Bertz CT molecular complexity index is 287. The topological polar surface area (TPSA) is 18.5 Å². The van der Waals surface area contributed by atoms with E-state index in [0.717, 1.165) is 14.7 Å². The van der Waals surface area contributed by atoms with Crippen molar-refractivity contribution in [3.8, 4) is 5.75 Å². The molecule has 84 valence electrons. The maximum atomic E-state index is 5.55. The first kappa shape index (κ1) is 13.3. The van der Waals surface area contributed by atoms with Crippen LogP contribution in [0.1, 0.15) is 0 Å². The highest BCUT2D eigenvalue weighted by Crippen LogP contribution is 2.32. The Morgan fingerprint density at radius 2 is 1.73 bits per heavy atom. The fourth-order valence-corrected chi connectivity index (χ4v) is 2.32. The first-order valence-electron chi connectivity index (χ1n) is 4.46. The van der Waals surface area contributed by atoms with Crippen molar-refractivity contribution in [2.24, 2.45) is 0 Å². The van der Waals surface area contributed by atoms with Gasteiger partial charge in [-0.05, 0) is 44.0 Å². The molecule has 0 fully saturated rings. The van der Waals surface area contributed by atoms with Crippen LogP contribution in [0.5, 0.6) is 5.75 Å². The summed E-state index contributed by atoms with van der Waals surface area (Å²) < 4.78 is 12.6. The van der Waals surface area contributed by atoms with Crippen molar-refractivity contribution >= 4 is 43.5 Å². The van der Waals surface area contributed by atoms with Crippen LogP contribution in [0.15, 0.2) is 27.1 Å². The Morgan fingerprint density at radius 1 is 1.07 bits per heavy atom. The van der Waals surface area contributed by atoms with Gasteiger partial charge in [-0.25, -0.2) is 0 Å². The maximum absolute atomic E-state index is 5.55. The van der Waals surface area contributed by atoms with Gasteiger partial charge in [0.1, 0.15) is 12.4 Å². The van der Waals surface area contributed by atoms with Gasteiger partial charge in [0, 0.05) is 5.88 Å². The van der Waals surface area contributed by atoms with Crippen LogP contribution in [0.25, 0.3) is 0 Å². The van der Waals surface area contributed by atoms with Gasteiger partial charge in [-0.2, -0.15) is 0 Å². The molecule has 0 saturated heterocycles. The Hall–Kier alpha value is 0.230. The number of alkyl halides is 1. The van der Waals surface area contributed by atoms with Crippen molar-refractivity contribution in [3.63, 3.8) is 0 Å². The summed E-state index contributed by atoms with van der Waals surface area (Å²) in [7, 11) is 0.